The maximum absolute atomic E-state index is 9.77. The van der Waals surface area contributed by atoms with Gasteiger partial charge in [-0.25, -0.2) is 0 Å². The molecular weight excluding hydrogens is 144 g/mol. The van der Waals surface area contributed by atoms with Gasteiger partial charge in [-0.05, 0) is 12.1 Å². The summed E-state index contributed by atoms with van der Waals surface area (Å²) < 4.78 is 4.48. The molecule has 0 atom stereocenters. The van der Waals surface area contributed by atoms with E-state index in [1.165, 1.54) is 6.20 Å². The van der Waals surface area contributed by atoms with Gasteiger partial charge in [-0.2, -0.15) is 0 Å². The number of pyridine rings is 1. The van der Waals surface area contributed by atoms with Crippen molar-refractivity contribution < 1.29 is 9.53 Å². The van der Waals surface area contributed by atoms with Crippen LogP contribution in [0.25, 0.3) is 0 Å². The molecule has 0 aromatic carbocycles. The number of hydrogen-bond acceptors (Lipinski definition) is 4. The highest BCUT2D eigenvalue weighted by atomic mass is 16.5. The minimum Gasteiger partial charge on any atom is -0.461 e. The van der Waals surface area contributed by atoms with E-state index in [1.54, 1.807) is 12.1 Å². The predicted octanol–water partition coefficient (Wildman–Crippen LogP) is 0.337. The lowest BCUT2D eigenvalue weighted by molar-refractivity contribution is -0.129. The number of anilines is 1. The van der Waals surface area contributed by atoms with Gasteiger partial charge in [0.1, 0.15) is 6.61 Å². The Morgan fingerprint density at radius 3 is 3.00 bits per heavy atom. The van der Waals surface area contributed by atoms with E-state index >= 15 is 0 Å². The van der Waals surface area contributed by atoms with Crippen LogP contribution >= 0.6 is 0 Å². The molecule has 0 saturated carbocycles. The van der Waals surface area contributed by atoms with Crippen molar-refractivity contribution in [2.75, 3.05) is 5.73 Å². The fraction of sp³-hybridized carbons (Fsp3) is 0.143. The zero-order valence-electron chi connectivity index (χ0n) is 5.86. The highest BCUT2D eigenvalue weighted by molar-refractivity contribution is 5.38. The molecule has 0 bridgehead atoms. The molecule has 0 unspecified atom stereocenters. The van der Waals surface area contributed by atoms with Crippen molar-refractivity contribution in [2.45, 2.75) is 6.61 Å². The van der Waals surface area contributed by atoms with E-state index in [0.29, 0.717) is 17.9 Å². The molecule has 1 heterocycles. The van der Waals surface area contributed by atoms with Crippen molar-refractivity contribution in [2.24, 2.45) is 0 Å². The molecule has 4 nitrogen and oxygen atoms in total. The first-order valence-corrected chi connectivity index (χ1v) is 3.08. The van der Waals surface area contributed by atoms with Crippen LogP contribution in [0.2, 0.25) is 0 Å². The lowest BCUT2D eigenvalue weighted by Crippen LogP contribution is -1.94. The van der Waals surface area contributed by atoms with Gasteiger partial charge in [0, 0.05) is 0 Å². The van der Waals surface area contributed by atoms with Gasteiger partial charge in [-0.1, -0.05) is 0 Å². The number of hydrogen-bond donors (Lipinski definition) is 1. The fourth-order valence-electron chi connectivity index (χ4n) is 0.641. The molecule has 0 saturated heterocycles. The molecule has 4 heteroatoms. The zero-order chi connectivity index (χ0) is 8.10. The van der Waals surface area contributed by atoms with E-state index in [9.17, 15) is 4.79 Å². The van der Waals surface area contributed by atoms with Crippen LogP contribution in [0.4, 0.5) is 5.69 Å². The normalized spacial score (nSPS) is 9.09. The van der Waals surface area contributed by atoms with E-state index in [2.05, 4.69) is 9.72 Å². The molecule has 11 heavy (non-hydrogen) atoms. The van der Waals surface area contributed by atoms with Crippen molar-refractivity contribution in [1.82, 2.24) is 4.98 Å². The Morgan fingerprint density at radius 1 is 1.64 bits per heavy atom. The van der Waals surface area contributed by atoms with E-state index in [1.807, 2.05) is 0 Å². The van der Waals surface area contributed by atoms with Crippen LogP contribution in [-0.4, -0.2) is 11.5 Å². The molecule has 0 aliphatic rings. The van der Waals surface area contributed by atoms with E-state index in [4.69, 9.17) is 5.73 Å². The summed E-state index contributed by atoms with van der Waals surface area (Å²) in [7, 11) is 0. The first-order chi connectivity index (χ1) is 5.33. The molecule has 1 rings (SSSR count). The molecular formula is C7H8N2O2. The van der Waals surface area contributed by atoms with Gasteiger partial charge in [-0.15, -0.1) is 0 Å². The fourth-order valence-corrected chi connectivity index (χ4v) is 0.641. The largest absolute Gasteiger partial charge is 0.461 e. The average molecular weight is 152 g/mol. The second-order valence-electron chi connectivity index (χ2n) is 1.99. The smallest absolute Gasteiger partial charge is 0.293 e. The molecule has 0 fully saturated rings. The van der Waals surface area contributed by atoms with Gasteiger partial charge in [0.05, 0.1) is 17.6 Å². The molecule has 1 aromatic rings. The maximum atomic E-state index is 9.77. The van der Waals surface area contributed by atoms with Crippen molar-refractivity contribution in [1.29, 1.82) is 0 Å². The first kappa shape index (κ1) is 7.53. The molecule has 1 aromatic heterocycles. The third-order valence-corrected chi connectivity index (χ3v) is 1.15. The van der Waals surface area contributed by atoms with Crippen molar-refractivity contribution in [3.63, 3.8) is 0 Å². The minimum atomic E-state index is 0.198. The molecule has 58 valence electrons. The van der Waals surface area contributed by atoms with Crippen LogP contribution in [-0.2, 0) is 16.1 Å². The number of carbonyl (C=O) groups excluding carboxylic acids is 1. The summed E-state index contributed by atoms with van der Waals surface area (Å²) in [5.41, 5.74) is 6.67. The Morgan fingerprint density at radius 2 is 2.45 bits per heavy atom. The molecule has 0 amide bonds. The van der Waals surface area contributed by atoms with Gasteiger partial charge in [0.2, 0.25) is 0 Å². The van der Waals surface area contributed by atoms with Gasteiger partial charge < -0.3 is 10.5 Å². The highest BCUT2D eigenvalue weighted by Gasteiger charge is 1.92. The maximum Gasteiger partial charge on any atom is 0.293 e. The summed E-state index contributed by atoms with van der Waals surface area (Å²) >= 11 is 0. The molecule has 0 aliphatic heterocycles. The van der Waals surface area contributed by atoms with Crippen LogP contribution < -0.4 is 5.73 Å². The standard InChI is InChI=1S/C7H8N2O2/c8-6-1-2-7(9-3-6)4-11-5-10/h1-3,5H,4,8H2. The summed E-state index contributed by atoms with van der Waals surface area (Å²) in [6.45, 7) is 0.585. The van der Waals surface area contributed by atoms with Crippen molar-refractivity contribution in [3.8, 4) is 0 Å². The average Bonchev–Trinajstić information content (AvgIpc) is 2.04. The number of nitrogen functional groups attached to an aromatic ring is 1. The number of carbonyl (C=O) groups is 1. The van der Waals surface area contributed by atoms with Crippen LogP contribution in [0.5, 0.6) is 0 Å². The number of aromatic nitrogens is 1. The van der Waals surface area contributed by atoms with Crippen LogP contribution in [0.3, 0.4) is 0 Å². The SMILES string of the molecule is Nc1ccc(COC=O)nc1. The summed E-state index contributed by atoms with van der Waals surface area (Å²) in [6, 6.07) is 3.41. The zero-order valence-corrected chi connectivity index (χ0v) is 5.86. The van der Waals surface area contributed by atoms with E-state index < -0.39 is 0 Å². The van der Waals surface area contributed by atoms with Crippen LogP contribution in [0.15, 0.2) is 18.3 Å². The summed E-state index contributed by atoms with van der Waals surface area (Å²) in [4.78, 5) is 13.7. The monoisotopic (exact) mass is 152 g/mol. The molecule has 0 aliphatic carbocycles. The predicted molar refractivity (Wildman–Crippen MR) is 39.5 cm³/mol. The molecule has 0 radical (unpaired) electrons. The van der Waals surface area contributed by atoms with Crippen LogP contribution in [0, 0.1) is 0 Å². The van der Waals surface area contributed by atoms with E-state index in [-0.39, 0.29) is 6.61 Å². The Balaban J connectivity index is 2.58. The first-order valence-electron chi connectivity index (χ1n) is 3.08. The van der Waals surface area contributed by atoms with Gasteiger partial charge in [-0.3, -0.25) is 9.78 Å². The second-order valence-corrected chi connectivity index (χ2v) is 1.99. The highest BCUT2D eigenvalue weighted by Crippen LogP contribution is 2.01. The Labute approximate surface area is 64.0 Å². The van der Waals surface area contributed by atoms with Crippen molar-refractivity contribution >= 4 is 12.2 Å². The number of ether oxygens (including phenoxy) is 1. The van der Waals surface area contributed by atoms with E-state index in [0.717, 1.165) is 0 Å². The Kier molecular flexibility index (Phi) is 2.43. The van der Waals surface area contributed by atoms with Crippen molar-refractivity contribution in [3.05, 3.63) is 24.0 Å². The number of nitrogens with two attached hydrogens (primary N) is 1. The lowest BCUT2D eigenvalue weighted by Gasteiger charge is -1.97. The Bertz CT molecular complexity index is 233. The quantitative estimate of drug-likeness (QED) is 0.634. The third-order valence-electron chi connectivity index (χ3n) is 1.15. The minimum absolute atomic E-state index is 0.198. The Hall–Kier alpha value is -1.58. The number of nitrogens with zero attached hydrogens (tertiary/aromatic N) is 1. The van der Waals surface area contributed by atoms with Gasteiger partial charge in [0.25, 0.3) is 6.47 Å². The third kappa shape index (κ3) is 2.25. The summed E-state index contributed by atoms with van der Waals surface area (Å²) in [5.74, 6) is 0. The topological polar surface area (TPSA) is 65.2 Å². The second kappa shape index (κ2) is 3.55. The molecule has 0 spiro atoms. The number of rotatable bonds is 3. The van der Waals surface area contributed by atoms with Gasteiger partial charge in [0.15, 0.2) is 0 Å². The van der Waals surface area contributed by atoms with Gasteiger partial charge >= 0.3 is 0 Å². The molecule has 2 N–H and O–H groups in total. The lowest BCUT2D eigenvalue weighted by atomic mass is 10.3. The summed E-state index contributed by atoms with van der Waals surface area (Å²) in [5, 5.41) is 0. The van der Waals surface area contributed by atoms with Crippen LogP contribution in [0.1, 0.15) is 5.69 Å². The summed E-state index contributed by atoms with van der Waals surface area (Å²) in [6.07, 6.45) is 1.52.